The molecular formula is C23H25NO2S. The number of benzene rings is 2. The van der Waals surface area contributed by atoms with Crippen LogP contribution in [0.1, 0.15) is 33.1 Å². The number of nitrogens with zero attached hydrogens (tertiary/aromatic N) is 1. The van der Waals surface area contributed by atoms with Crippen molar-refractivity contribution < 1.29 is 9.21 Å². The number of carbonyl (C=O) groups is 1. The Labute approximate surface area is 165 Å². The average Bonchev–Trinajstić information content (AvgIpc) is 3.12. The Hall–Kier alpha value is -2.33. The Morgan fingerprint density at radius 2 is 1.63 bits per heavy atom. The predicted octanol–water partition coefficient (Wildman–Crippen LogP) is 6.50. The van der Waals surface area contributed by atoms with Crippen molar-refractivity contribution in [2.24, 2.45) is 5.92 Å². The molecule has 0 radical (unpaired) electrons. The molecule has 0 aliphatic carbocycles. The second-order valence-electron chi connectivity index (χ2n) is 7.00. The maximum Gasteiger partial charge on any atom is 0.257 e. The first-order valence-electron chi connectivity index (χ1n) is 9.39. The van der Waals surface area contributed by atoms with Crippen molar-refractivity contribution in [3.05, 3.63) is 60.7 Å². The highest BCUT2D eigenvalue weighted by atomic mass is 32.2. The lowest BCUT2D eigenvalue weighted by atomic mass is 10.1. The van der Waals surface area contributed by atoms with Gasteiger partial charge in [0.15, 0.2) is 5.76 Å². The Balaban J connectivity index is 1.75. The lowest BCUT2D eigenvalue weighted by molar-refractivity contribution is -0.116. The molecule has 3 aromatic rings. The van der Waals surface area contributed by atoms with Crippen molar-refractivity contribution in [2.45, 2.75) is 38.3 Å². The maximum absolute atomic E-state index is 12.1. The van der Waals surface area contributed by atoms with Gasteiger partial charge in [0, 0.05) is 17.5 Å². The molecular weight excluding hydrogens is 354 g/mol. The summed E-state index contributed by atoms with van der Waals surface area (Å²) in [4.78, 5) is 16.8. The summed E-state index contributed by atoms with van der Waals surface area (Å²) < 4.78 is 6.05. The number of aromatic nitrogens is 1. The first-order valence-corrected chi connectivity index (χ1v) is 10.4. The fourth-order valence-electron chi connectivity index (χ4n) is 2.86. The predicted molar refractivity (Wildman–Crippen MR) is 112 cm³/mol. The van der Waals surface area contributed by atoms with Crippen LogP contribution in [0.3, 0.4) is 0 Å². The van der Waals surface area contributed by atoms with Gasteiger partial charge in [0.1, 0.15) is 11.5 Å². The van der Waals surface area contributed by atoms with Crippen molar-refractivity contribution in [1.82, 2.24) is 4.98 Å². The molecule has 3 rings (SSSR count). The number of hydrogen-bond acceptors (Lipinski definition) is 4. The van der Waals surface area contributed by atoms with Crippen molar-refractivity contribution >= 4 is 17.5 Å². The van der Waals surface area contributed by atoms with Crippen LogP contribution in [0.5, 0.6) is 0 Å². The van der Waals surface area contributed by atoms with Crippen LogP contribution in [0.4, 0.5) is 0 Å². The fraction of sp³-hybridized carbons (Fsp3) is 0.304. The van der Waals surface area contributed by atoms with Gasteiger partial charge in [-0.3, -0.25) is 4.79 Å². The molecule has 0 amide bonds. The van der Waals surface area contributed by atoms with Gasteiger partial charge in [0.05, 0.1) is 5.75 Å². The van der Waals surface area contributed by atoms with Gasteiger partial charge in [-0.15, -0.1) is 0 Å². The molecule has 0 fully saturated rings. The molecule has 27 heavy (non-hydrogen) atoms. The number of oxazole rings is 1. The molecule has 3 nitrogen and oxygen atoms in total. The summed E-state index contributed by atoms with van der Waals surface area (Å²) in [6, 6.07) is 20.0. The number of Topliss-reactive ketones (excluding diaryl/α,β-unsaturated/α-hetero) is 1. The van der Waals surface area contributed by atoms with Crippen LogP contribution in [0.2, 0.25) is 0 Å². The minimum absolute atomic E-state index is 0.251. The highest BCUT2D eigenvalue weighted by Gasteiger charge is 2.17. The van der Waals surface area contributed by atoms with E-state index >= 15 is 0 Å². The van der Waals surface area contributed by atoms with Gasteiger partial charge in [0.25, 0.3) is 5.22 Å². The smallest absolute Gasteiger partial charge is 0.257 e. The second kappa shape index (κ2) is 9.56. The number of thioether (sulfide) groups is 1. The van der Waals surface area contributed by atoms with Gasteiger partial charge in [0.2, 0.25) is 0 Å². The molecule has 0 N–H and O–H groups in total. The lowest BCUT2D eigenvalue weighted by Gasteiger charge is -2.02. The standard InChI is InChI=1S/C23H25NO2S/c1-17(2)10-9-15-20(25)16-27-23-24-21(18-11-5-3-6-12-18)22(26-23)19-13-7-4-8-14-19/h3-8,11-14,17H,9-10,15-16H2,1-2H3. The molecule has 2 aromatic carbocycles. The third kappa shape index (κ3) is 5.57. The second-order valence-corrected chi connectivity index (χ2v) is 7.93. The molecule has 1 aromatic heterocycles. The zero-order valence-corrected chi connectivity index (χ0v) is 16.7. The Morgan fingerprint density at radius 1 is 1.00 bits per heavy atom. The van der Waals surface area contributed by atoms with E-state index in [0.717, 1.165) is 35.4 Å². The third-order valence-corrected chi connectivity index (χ3v) is 5.17. The van der Waals surface area contributed by atoms with E-state index in [2.05, 4.69) is 18.8 Å². The van der Waals surface area contributed by atoms with E-state index in [1.807, 2.05) is 60.7 Å². The van der Waals surface area contributed by atoms with Crippen molar-refractivity contribution in [3.63, 3.8) is 0 Å². The normalized spacial score (nSPS) is 11.1. The Kier molecular flexibility index (Phi) is 6.88. The monoisotopic (exact) mass is 379 g/mol. The first kappa shape index (κ1) is 19.4. The zero-order valence-electron chi connectivity index (χ0n) is 15.9. The van der Waals surface area contributed by atoms with Crippen LogP contribution in [0, 0.1) is 5.92 Å². The minimum atomic E-state index is 0.251. The molecule has 0 bridgehead atoms. The van der Waals surface area contributed by atoms with E-state index in [9.17, 15) is 4.79 Å². The van der Waals surface area contributed by atoms with E-state index in [1.165, 1.54) is 11.8 Å². The van der Waals surface area contributed by atoms with E-state index in [0.29, 0.717) is 23.3 Å². The highest BCUT2D eigenvalue weighted by Crippen LogP contribution is 2.35. The molecule has 0 unspecified atom stereocenters. The quantitative estimate of drug-likeness (QED) is 0.398. The molecule has 0 aliphatic rings. The van der Waals surface area contributed by atoms with Crippen LogP contribution in [0.15, 0.2) is 70.3 Å². The van der Waals surface area contributed by atoms with Gasteiger partial charge in [-0.2, -0.15) is 0 Å². The molecule has 140 valence electrons. The summed E-state index contributed by atoms with van der Waals surface area (Å²) in [5.74, 6) is 2.04. The Morgan fingerprint density at radius 3 is 2.26 bits per heavy atom. The summed E-state index contributed by atoms with van der Waals surface area (Å²) in [6.45, 7) is 4.37. The van der Waals surface area contributed by atoms with Crippen molar-refractivity contribution in [2.75, 3.05) is 5.75 Å². The molecule has 0 spiro atoms. The molecule has 4 heteroatoms. The highest BCUT2D eigenvalue weighted by molar-refractivity contribution is 7.99. The minimum Gasteiger partial charge on any atom is -0.431 e. The number of carbonyl (C=O) groups excluding carboxylic acids is 1. The van der Waals surface area contributed by atoms with Crippen molar-refractivity contribution in [3.8, 4) is 22.6 Å². The largest absolute Gasteiger partial charge is 0.431 e. The van der Waals surface area contributed by atoms with Gasteiger partial charge in [-0.05, 0) is 12.3 Å². The molecule has 0 atom stereocenters. The number of hydrogen-bond donors (Lipinski definition) is 0. The van der Waals surface area contributed by atoms with Gasteiger partial charge in [-0.1, -0.05) is 92.7 Å². The van der Waals surface area contributed by atoms with E-state index in [1.54, 1.807) is 0 Å². The van der Waals surface area contributed by atoms with Gasteiger partial charge in [-0.25, -0.2) is 4.98 Å². The number of ketones is 1. The summed E-state index contributed by atoms with van der Waals surface area (Å²) in [5, 5.41) is 0.546. The van der Waals surface area contributed by atoms with Crippen molar-refractivity contribution in [1.29, 1.82) is 0 Å². The molecule has 0 saturated carbocycles. The van der Waals surface area contributed by atoms with E-state index in [4.69, 9.17) is 4.42 Å². The molecule has 0 saturated heterocycles. The average molecular weight is 380 g/mol. The summed E-state index contributed by atoms with van der Waals surface area (Å²) in [6.07, 6.45) is 2.67. The maximum atomic E-state index is 12.1. The van der Waals surface area contributed by atoms with Crippen LogP contribution < -0.4 is 0 Å². The van der Waals surface area contributed by atoms with Crippen LogP contribution >= 0.6 is 11.8 Å². The fourth-order valence-corrected chi connectivity index (χ4v) is 3.59. The van der Waals surface area contributed by atoms with E-state index < -0.39 is 0 Å². The summed E-state index contributed by atoms with van der Waals surface area (Å²) >= 11 is 1.38. The van der Waals surface area contributed by atoms with Crippen LogP contribution in [-0.2, 0) is 4.79 Å². The van der Waals surface area contributed by atoms with Gasteiger partial charge >= 0.3 is 0 Å². The van der Waals surface area contributed by atoms with Crippen LogP contribution in [0.25, 0.3) is 22.6 Å². The third-order valence-electron chi connectivity index (χ3n) is 4.28. The van der Waals surface area contributed by atoms with Gasteiger partial charge < -0.3 is 4.42 Å². The van der Waals surface area contributed by atoms with E-state index in [-0.39, 0.29) is 5.78 Å². The molecule has 0 aliphatic heterocycles. The first-order chi connectivity index (χ1) is 13.1. The van der Waals surface area contributed by atoms with Crippen LogP contribution in [-0.4, -0.2) is 16.5 Å². The molecule has 1 heterocycles. The lowest BCUT2D eigenvalue weighted by Crippen LogP contribution is -2.02. The number of rotatable bonds is 9. The Bertz CT molecular complexity index is 800. The SMILES string of the molecule is CC(C)CCCC(=O)CSc1nc(-c2ccccc2)c(-c2ccccc2)o1. The summed E-state index contributed by atoms with van der Waals surface area (Å²) in [5.41, 5.74) is 2.81. The summed E-state index contributed by atoms with van der Waals surface area (Å²) in [7, 11) is 0. The topological polar surface area (TPSA) is 43.1 Å². The zero-order chi connectivity index (χ0) is 19.1.